The van der Waals surface area contributed by atoms with Crippen LogP contribution in [0.2, 0.25) is 0 Å². The van der Waals surface area contributed by atoms with Crippen LogP contribution in [0.4, 0.5) is 0 Å². The molecule has 0 saturated heterocycles. The smallest absolute Gasteiger partial charge is 0.191 e. The van der Waals surface area contributed by atoms with E-state index in [-0.39, 0.29) is 6.10 Å². The summed E-state index contributed by atoms with van der Waals surface area (Å²) in [5.41, 5.74) is 1.24. The predicted molar refractivity (Wildman–Crippen MR) is 63.9 cm³/mol. The first-order chi connectivity index (χ1) is 8.36. The van der Waals surface area contributed by atoms with Crippen molar-refractivity contribution in [1.82, 2.24) is 15.2 Å². The van der Waals surface area contributed by atoms with E-state index in [2.05, 4.69) is 28.2 Å². The van der Waals surface area contributed by atoms with Crippen molar-refractivity contribution in [3.8, 4) is 5.75 Å². The van der Waals surface area contributed by atoms with Gasteiger partial charge >= 0.3 is 0 Å². The van der Waals surface area contributed by atoms with E-state index in [1.807, 2.05) is 18.2 Å². The van der Waals surface area contributed by atoms with Gasteiger partial charge in [-0.1, -0.05) is 25.1 Å². The quantitative estimate of drug-likeness (QED) is 0.879. The van der Waals surface area contributed by atoms with E-state index in [1.165, 1.54) is 5.56 Å². The zero-order chi connectivity index (χ0) is 11.7. The molecule has 4 nitrogen and oxygen atoms in total. The van der Waals surface area contributed by atoms with Crippen molar-refractivity contribution < 1.29 is 4.74 Å². The highest BCUT2D eigenvalue weighted by Crippen LogP contribution is 2.34. The first-order valence-corrected chi connectivity index (χ1v) is 6.02. The molecular formula is C13H15N3O. The third-order valence-corrected chi connectivity index (χ3v) is 2.97. The lowest BCUT2D eigenvalue weighted by atomic mass is 10.1. The Morgan fingerprint density at radius 3 is 3.12 bits per heavy atom. The SMILES string of the molecule is CCCc1nc(C2Cc3ccccc3O2)n[nH]1. The van der Waals surface area contributed by atoms with Gasteiger partial charge in [-0.05, 0) is 18.1 Å². The topological polar surface area (TPSA) is 50.8 Å². The minimum Gasteiger partial charge on any atom is -0.482 e. The fraction of sp³-hybridized carbons (Fsp3) is 0.385. The molecule has 1 aliphatic heterocycles. The number of aryl methyl sites for hydroxylation is 1. The number of ether oxygens (including phenoxy) is 1. The molecule has 3 rings (SSSR count). The van der Waals surface area contributed by atoms with Crippen molar-refractivity contribution in [2.75, 3.05) is 0 Å². The number of nitrogens with one attached hydrogen (secondary N) is 1. The third kappa shape index (κ3) is 1.90. The van der Waals surface area contributed by atoms with Crippen molar-refractivity contribution in [2.24, 2.45) is 0 Å². The summed E-state index contributed by atoms with van der Waals surface area (Å²) in [5.74, 6) is 2.67. The minimum atomic E-state index is -0.0331. The highest BCUT2D eigenvalue weighted by Gasteiger charge is 2.27. The summed E-state index contributed by atoms with van der Waals surface area (Å²) in [6.45, 7) is 2.13. The molecule has 0 aliphatic carbocycles. The van der Waals surface area contributed by atoms with Gasteiger partial charge in [-0.25, -0.2) is 4.98 Å². The number of aromatic nitrogens is 3. The second-order valence-electron chi connectivity index (χ2n) is 4.31. The largest absolute Gasteiger partial charge is 0.482 e. The molecule has 0 spiro atoms. The fourth-order valence-electron chi connectivity index (χ4n) is 2.13. The number of hydrogen-bond donors (Lipinski definition) is 1. The molecule has 0 bridgehead atoms. The minimum absolute atomic E-state index is 0.0331. The Bertz CT molecular complexity index is 496. The van der Waals surface area contributed by atoms with Gasteiger partial charge in [-0.15, -0.1) is 0 Å². The van der Waals surface area contributed by atoms with Gasteiger partial charge in [0.2, 0.25) is 0 Å². The summed E-state index contributed by atoms with van der Waals surface area (Å²) in [5, 5.41) is 7.21. The maximum atomic E-state index is 5.84. The Kier molecular flexibility index (Phi) is 2.55. The third-order valence-electron chi connectivity index (χ3n) is 2.97. The van der Waals surface area contributed by atoms with Crippen molar-refractivity contribution in [3.63, 3.8) is 0 Å². The number of rotatable bonds is 3. The molecule has 0 radical (unpaired) electrons. The first-order valence-electron chi connectivity index (χ1n) is 6.02. The molecular weight excluding hydrogens is 214 g/mol. The summed E-state index contributed by atoms with van der Waals surface area (Å²) in [6, 6.07) is 8.11. The average Bonchev–Trinajstić information content (AvgIpc) is 2.94. The zero-order valence-corrected chi connectivity index (χ0v) is 9.81. The number of benzene rings is 1. The molecule has 88 valence electrons. The molecule has 1 aromatic carbocycles. The van der Waals surface area contributed by atoms with Gasteiger partial charge in [0.15, 0.2) is 11.9 Å². The van der Waals surface area contributed by atoms with Gasteiger partial charge in [-0.3, -0.25) is 5.10 Å². The molecule has 0 fully saturated rings. The molecule has 0 saturated carbocycles. The van der Waals surface area contributed by atoms with Gasteiger partial charge in [0.1, 0.15) is 11.6 Å². The monoisotopic (exact) mass is 229 g/mol. The first kappa shape index (κ1) is 10.3. The summed E-state index contributed by atoms with van der Waals surface area (Å²) < 4.78 is 5.84. The van der Waals surface area contributed by atoms with Crippen LogP contribution in [0.15, 0.2) is 24.3 Å². The summed E-state index contributed by atoms with van der Waals surface area (Å²) in [4.78, 5) is 4.47. The Labute approximate surface area is 100 Å². The van der Waals surface area contributed by atoms with Crippen LogP contribution in [0, 0.1) is 0 Å². The summed E-state index contributed by atoms with van der Waals surface area (Å²) in [6.07, 6.45) is 2.83. The highest BCUT2D eigenvalue weighted by atomic mass is 16.5. The van der Waals surface area contributed by atoms with Gasteiger partial charge in [0.05, 0.1) is 0 Å². The summed E-state index contributed by atoms with van der Waals surface area (Å²) in [7, 11) is 0. The Morgan fingerprint density at radius 1 is 1.41 bits per heavy atom. The van der Waals surface area contributed by atoms with E-state index in [0.29, 0.717) is 0 Å². The maximum Gasteiger partial charge on any atom is 0.191 e. The van der Waals surface area contributed by atoms with E-state index in [1.54, 1.807) is 0 Å². The molecule has 1 unspecified atom stereocenters. The normalized spacial score (nSPS) is 17.8. The van der Waals surface area contributed by atoms with Crippen LogP contribution in [0.25, 0.3) is 0 Å². The van der Waals surface area contributed by atoms with Crippen LogP contribution in [-0.4, -0.2) is 15.2 Å². The lowest BCUT2D eigenvalue weighted by Gasteiger charge is -2.04. The van der Waals surface area contributed by atoms with E-state index in [0.717, 1.165) is 36.7 Å². The Hall–Kier alpha value is -1.84. The number of para-hydroxylation sites is 1. The second-order valence-corrected chi connectivity index (χ2v) is 4.31. The number of aromatic amines is 1. The van der Waals surface area contributed by atoms with E-state index < -0.39 is 0 Å². The van der Waals surface area contributed by atoms with E-state index >= 15 is 0 Å². The molecule has 2 heterocycles. The number of H-pyrrole nitrogens is 1. The van der Waals surface area contributed by atoms with Crippen LogP contribution in [-0.2, 0) is 12.8 Å². The van der Waals surface area contributed by atoms with Crippen LogP contribution < -0.4 is 4.74 Å². The van der Waals surface area contributed by atoms with Crippen molar-refractivity contribution in [3.05, 3.63) is 41.5 Å². The second kappa shape index (κ2) is 4.20. The maximum absolute atomic E-state index is 5.84. The van der Waals surface area contributed by atoms with Crippen molar-refractivity contribution in [2.45, 2.75) is 32.3 Å². The number of nitrogens with zero attached hydrogens (tertiary/aromatic N) is 2. The molecule has 4 heteroatoms. The predicted octanol–water partition coefficient (Wildman–Crippen LogP) is 2.43. The molecule has 17 heavy (non-hydrogen) atoms. The van der Waals surface area contributed by atoms with E-state index in [9.17, 15) is 0 Å². The lowest BCUT2D eigenvalue weighted by molar-refractivity contribution is 0.228. The standard InChI is InChI=1S/C13H15N3O/c1-2-5-12-14-13(16-15-12)11-8-9-6-3-4-7-10(9)17-11/h3-4,6-7,11H,2,5,8H2,1H3,(H,14,15,16). The summed E-state index contributed by atoms with van der Waals surface area (Å²) >= 11 is 0. The van der Waals surface area contributed by atoms with Crippen molar-refractivity contribution >= 4 is 0 Å². The van der Waals surface area contributed by atoms with Gasteiger partial charge in [-0.2, -0.15) is 5.10 Å². The van der Waals surface area contributed by atoms with E-state index in [4.69, 9.17) is 4.74 Å². The highest BCUT2D eigenvalue weighted by molar-refractivity contribution is 5.37. The van der Waals surface area contributed by atoms with Gasteiger partial charge in [0, 0.05) is 12.8 Å². The molecule has 1 aliphatic rings. The molecule has 1 atom stereocenters. The number of hydrogen-bond acceptors (Lipinski definition) is 3. The van der Waals surface area contributed by atoms with Crippen LogP contribution in [0.3, 0.4) is 0 Å². The molecule has 2 aromatic rings. The van der Waals surface area contributed by atoms with Crippen molar-refractivity contribution in [1.29, 1.82) is 0 Å². The van der Waals surface area contributed by atoms with Gasteiger partial charge < -0.3 is 4.74 Å². The average molecular weight is 229 g/mol. The van der Waals surface area contributed by atoms with Crippen LogP contribution >= 0.6 is 0 Å². The Morgan fingerprint density at radius 2 is 2.29 bits per heavy atom. The molecule has 0 amide bonds. The van der Waals surface area contributed by atoms with Gasteiger partial charge in [0.25, 0.3) is 0 Å². The zero-order valence-electron chi connectivity index (χ0n) is 9.81. The molecule has 1 aromatic heterocycles. The van der Waals surface area contributed by atoms with Crippen LogP contribution in [0.5, 0.6) is 5.75 Å². The fourth-order valence-corrected chi connectivity index (χ4v) is 2.13. The molecule has 1 N–H and O–H groups in total. The Balaban J connectivity index is 1.79. The van der Waals surface area contributed by atoms with Crippen LogP contribution in [0.1, 0.15) is 36.7 Å². The lowest BCUT2D eigenvalue weighted by Crippen LogP contribution is -2.05. The number of fused-ring (bicyclic) bond motifs is 1.